The fraction of sp³-hybridized carbons (Fsp3) is 0.357. The van der Waals surface area contributed by atoms with Gasteiger partial charge < -0.3 is 10.5 Å². The van der Waals surface area contributed by atoms with Gasteiger partial charge in [0.25, 0.3) is 0 Å². The Bertz CT molecular complexity index is 625. The van der Waals surface area contributed by atoms with Gasteiger partial charge >= 0.3 is 0 Å². The minimum Gasteiger partial charge on any atom is -0.488 e. The van der Waals surface area contributed by atoms with Crippen molar-refractivity contribution < 1.29 is 4.74 Å². The molecule has 1 aromatic heterocycles. The van der Waals surface area contributed by atoms with Crippen LogP contribution in [0.15, 0.2) is 22.7 Å². The summed E-state index contributed by atoms with van der Waals surface area (Å²) in [5.41, 5.74) is 8.69. The Morgan fingerprint density at radius 3 is 2.75 bits per heavy atom. The summed E-state index contributed by atoms with van der Waals surface area (Å²) in [6.07, 6.45) is 0. The lowest BCUT2D eigenvalue weighted by molar-refractivity contribution is 0.300. The zero-order valence-corrected chi connectivity index (χ0v) is 14.0. The van der Waals surface area contributed by atoms with Crippen molar-refractivity contribution in [3.63, 3.8) is 0 Å². The Hall–Kier alpha value is -1.04. The maximum Gasteiger partial charge on any atom is 0.133 e. The highest BCUT2D eigenvalue weighted by Crippen LogP contribution is 2.29. The van der Waals surface area contributed by atoms with E-state index in [-0.39, 0.29) is 6.04 Å². The molecule has 1 aromatic carbocycles. The van der Waals surface area contributed by atoms with Crippen molar-refractivity contribution in [2.75, 3.05) is 0 Å². The summed E-state index contributed by atoms with van der Waals surface area (Å²) in [6, 6.07) is 5.73. The Morgan fingerprint density at radius 1 is 1.50 bits per heavy atom. The molecule has 0 fully saturated rings. The van der Waals surface area contributed by atoms with Crippen LogP contribution in [0, 0.1) is 6.92 Å². The number of halogens is 2. The summed E-state index contributed by atoms with van der Waals surface area (Å²) >= 11 is 9.64. The van der Waals surface area contributed by atoms with Gasteiger partial charge in [0.15, 0.2) is 0 Å². The standard InChI is InChI=1S/C14H17BrClN3O/c1-8(17)11-5-4-10(15)6-13(11)20-7-12-9(2)18-19(3)14(12)16/h4-6,8H,7,17H2,1-3H3/t8-/m0/s1. The zero-order valence-electron chi connectivity index (χ0n) is 11.7. The van der Waals surface area contributed by atoms with Crippen molar-refractivity contribution >= 4 is 27.5 Å². The first-order chi connectivity index (χ1) is 9.40. The molecule has 0 saturated carbocycles. The third-order valence-corrected chi connectivity index (χ3v) is 4.07. The van der Waals surface area contributed by atoms with Crippen molar-refractivity contribution in [1.29, 1.82) is 0 Å². The van der Waals surface area contributed by atoms with Gasteiger partial charge in [-0.2, -0.15) is 5.10 Å². The minimum absolute atomic E-state index is 0.0939. The van der Waals surface area contributed by atoms with Crippen molar-refractivity contribution in [3.05, 3.63) is 44.6 Å². The Kier molecular flexibility index (Phi) is 4.73. The molecular weight excluding hydrogens is 342 g/mol. The van der Waals surface area contributed by atoms with Crippen LogP contribution in [-0.2, 0) is 13.7 Å². The molecule has 6 heteroatoms. The first-order valence-electron chi connectivity index (χ1n) is 6.26. The Labute approximate surface area is 132 Å². The van der Waals surface area contributed by atoms with E-state index in [1.165, 1.54) is 0 Å². The average Bonchev–Trinajstić information content (AvgIpc) is 2.61. The van der Waals surface area contributed by atoms with E-state index >= 15 is 0 Å². The molecule has 0 spiro atoms. The van der Waals surface area contributed by atoms with Crippen molar-refractivity contribution in [3.8, 4) is 5.75 Å². The molecule has 20 heavy (non-hydrogen) atoms. The molecule has 0 aliphatic carbocycles. The second-order valence-electron chi connectivity index (χ2n) is 4.74. The number of nitrogens with zero attached hydrogens (tertiary/aromatic N) is 2. The molecule has 0 unspecified atom stereocenters. The lowest BCUT2D eigenvalue weighted by Crippen LogP contribution is -2.08. The Morgan fingerprint density at radius 2 is 2.20 bits per heavy atom. The first kappa shape index (κ1) is 15.4. The molecule has 1 atom stereocenters. The minimum atomic E-state index is -0.0939. The van der Waals surface area contributed by atoms with Gasteiger partial charge in [-0.1, -0.05) is 33.6 Å². The predicted octanol–water partition coefficient (Wildman–Crippen LogP) is 3.74. The maximum atomic E-state index is 6.20. The fourth-order valence-electron chi connectivity index (χ4n) is 2.00. The number of aromatic nitrogens is 2. The topological polar surface area (TPSA) is 53.1 Å². The molecule has 0 bridgehead atoms. The summed E-state index contributed by atoms with van der Waals surface area (Å²) in [7, 11) is 1.81. The maximum absolute atomic E-state index is 6.20. The highest BCUT2D eigenvalue weighted by Gasteiger charge is 2.14. The zero-order chi connectivity index (χ0) is 14.9. The number of aryl methyl sites for hydroxylation is 2. The molecule has 2 N–H and O–H groups in total. The summed E-state index contributed by atoms with van der Waals surface area (Å²) < 4.78 is 8.48. The van der Waals surface area contributed by atoms with Crippen LogP contribution < -0.4 is 10.5 Å². The van der Waals surface area contributed by atoms with E-state index in [0.29, 0.717) is 11.8 Å². The Balaban J connectivity index is 2.24. The lowest BCUT2D eigenvalue weighted by atomic mass is 10.1. The van der Waals surface area contributed by atoms with Crippen molar-refractivity contribution in [2.24, 2.45) is 12.8 Å². The van der Waals surface area contributed by atoms with E-state index in [1.807, 2.05) is 39.1 Å². The van der Waals surface area contributed by atoms with Gasteiger partial charge in [0.2, 0.25) is 0 Å². The number of ether oxygens (including phenoxy) is 1. The van der Waals surface area contributed by atoms with Crippen LogP contribution in [0.3, 0.4) is 0 Å². The molecule has 0 saturated heterocycles. The third kappa shape index (κ3) is 3.16. The SMILES string of the molecule is Cc1nn(C)c(Cl)c1COc1cc(Br)ccc1[C@H](C)N. The van der Waals surface area contributed by atoms with Gasteiger partial charge in [0.05, 0.1) is 5.69 Å². The van der Waals surface area contributed by atoms with Gasteiger partial charge in [-0.15, -0.1) is 0 Å². The molecule has 0 amide bonds. The normalized spacial score (nSPS) is 12.5. The first-order valence-corrected chi connectivity index (χ1v) is 7.43. The molecule has 0 aliphatic heterocycles. The molecule has 0 radical (unpaired) electrons. The molecule has 1 heterocycles. The largest absolute Gasteiger partial charge is 0.488 e. The predicted molar refractivity (Wildman–Crippen MR) is 84.0 cm³/mol. The quantitative estimate of drug-likeness (QED) is 0.905. The highest BCUT2D eigenvalue weighted by molar-refractivity contribution is 9.10. The van der Waals surface area contributed by atoms with E-state index in [1.54, 1.807) is 4.68 Å². The van der Waals surface area contributed by atoms with Gasteiger partial charge in [0, 0.05) is 28.7 Å². The summed E-state index contributed by atoms with van der Waals surface area (Å²) in [4.78, 5) is 0. The van der Waals surface area contributed by atoms with Crippen LogP contribution in [0.2, 0.25) is 5.15 Å². The second-order valence-corrected chi connectivity index (χ2v) is 6.01. The average molecular weight is 359 g/mol. The molecule has 2 aromatic rings. The molecule has 2 rings (SSSR count). The van der Waals surface area contributed by atoms with E-state index in [0.717, 1.165) is 27.0 Å². The van der Waals surface area contributed by atoms with Crippen LogP contribution in [0.1, 0.15) is 29.8 Å². The van der Waals surface area contributed by atoms with Crippen molar-refractivity contribution in [1.82, 2.24) is 9.78 Å². The molecular formula is C14H17BrClN3O. The smallest absolute Gasteiger partial charge is 0.133 e. The highest BCUT2D eigenvalue weighted by atomic mass is 79.9. The summed E-state index contributed by atoms with van der Waals surface area (Å²) in [5, 5.41) is 4.87. The number of nitrogens with two attached hydrogens (primary N) is 1. The number of hydrogen-bond donors (Lipinski definition) is 1. The van der Waals surface area contributed by atoms with Gasteiger partial charge in [-0.05, 0) is 26.0 Å². The number of benzene rings is 1. The third-order valence-electron chi connectivity index (χ3n) is 3.11. The molecule has 108 valence electrons. The molecule has 0 aliphatic rings. The van der Waals surface area contributed by atoms with E-state index in [9.17, 15) is 0 Å². The van der Waals surface area contributed by atoms with Crippen LogP contribution in [0.25, 0.3) is 0 Å². The monoisotopic (exact) mass is 357 g/mol. The number of hydrogen-bond acceptors (Lipinski definition) is 3. The van der Waals surface area contributed by atoms with Gasteiger partial charge in [0.1, 0.15) is 17.5 Å². The van der Waals surface area contributed by atoms with Gasteiger partial charge in [-0.3, -0.25) is 4.68 Å². The van der Waals surface area contributed by atoms with Crippen LogP contribution in [-0.4, -0.2) is 9.78 Å². The van der Waals surface area contributed by atoms with E-state index in [2.05, 4.69) is 21.0 Å². The van der Waals surface area contributed by atoms with Crippen molar-refractivity contribution in [2.45, 2.75) is 26.5 Å². The van der Waals surface area contributed by atoms with Crippen LogP contribution >= 0.6 is 27.5 Å². The van der Waals surface area contributed by atoms with E-state index < -0.39 is 0 Å². The summed E-state index contributed by atoms with van der Waals surface area (Å²) in [5.74, 6) is 0.758. The van der Waals surface area contributed by atoms with Gasteiger partial charge in [-0.25, -0.2) is 0 Å². The molecule has 4 nitrogen and oxygen atoms in total. The summed E-state index contributed by atoms with van der Waals surface area (Å²) in [6.45, 7) is 4.21. The van der Waals surface area contributed by atoms with Crippen LogP contribution in [0.4, 0.5) is 0 Å². The number of rotatable bonds is 4. The second kappa shape index (κ2) is 6.16. The van der Waals surface area contributed by atoms with E-state index in [4.69, 9.17) is 22.1 Å². The fourth-order valence-corrected chi connectivity index (χ4v) is 2.57. The van der Waals surface area contributed by atoms with Crippen LogP contribution in [0.5, 0.6) is 5.75 Å². The lowest BCUT2D eigenvalue weighted by Gasteiger charge is -2.14.